The van der Waals surface area contributed by atoms with Gasteiger partial charge in [0.2, 0.25) is 0 Å². The minimum Gasteiger partial charge on any atom is -0.397 e. The van der Waals surface area contributed by atoms with E-state index in [0.29, 0.717) is 11.4 Å². The van der Waals surface area contributed by atoms with Gasteiger partial charge in [0.25, 0.3) is 5.91 Å². The van der Waals surface area contributed by atoms with Gasteiger partial charge >= 0.3 is 0 Å². The normalized spacial score (nSPS) is 18.6. The summed E-state index contributed by atoms with van der Waals surface area (Å²) in [5.74, 6) is -0.00190. The van der Waals surface area contributed by atoms with Crippen molar-refractivity contribution in [3.8, 4) is 0 Å². The summed E-state index contributed by atoms with van der Waals surface area (Å²) in [7, 11) is 0. The summed E-state index contributed by atoms with van der Waals surface area (Å²) in [4.78, 5) is 12.3. The quantitative estimate of drug-likeness (QED) is 0.864. The Morgan fingerprint density at radius 3 is 2.72 bits per heavy atom. The first-order valence-electron chi connectivity index (χ1n) is 6.82. The molecule has 1 aliphatic carbocycles. The maximum atomic E-state index is 12.3. The van der Waals surface area contributed by atoms with Crippen molar-refractivity contribution in [1.29, 1.82) is 0 Å². The molecule has 100 valence electrons. The van der Waals surface area contributed by atoms with E-state index in [9.17, 15) is 4.79 Å². The Kier molecular flexibility index (Phi) is 3.64. The van der Waals surface area contributed by atoms with Crippen molar-refractivity contribution in [1.82, 2.24) is 9.88 Å². The van der Waals surface area contributed by atoms with E-state index >= 15 is 0 Å². The van der Waals surface area contributed by atoms with Crippen molar-refractivity contribution >= 4 is 11.6 Å². The van der Waals surface area contributed by atoms with Crippen LogP contribution in [0.2, 0.25) is 0 Å². The van der Waals surface area contributed by atoms with Crippen molar-refractivity contribution in [3.63, 3.8) is 0 Å². The first-order chi connectivity index (χ1) is 8.54. The van der Waals surface area contributed by atoms with Crippen molar-refractivity contribution in [2.24, 2.45) is 0 Å². The van der Waals surface area contributed by atoms with Crippen LogP contribution in [-0.4, -0.2) is 16.0 Å². The summed E-state index contributed by atoms with van der Waals surface area (Å²) >= 11 is 0. The number of nitrogens with two attached hydrogens (primary N) is 1. The maximum Gasteiger partial charge on any atom is 0.268 e. The summed E-state index contributed by atoms with van der Waals surface area (Å²) in [6.07, 6.45) is 7.64. The molecule has 4 nitrogen and oxygen atoms in total. The summed E-state index contributed by atoms with van der Waals surface area (Å²) in [6, 6.07) is 1.75. The minimum absolute atomic E-state index is 0.00190. The highest BCUT2D eigenvalue weighted by Crippen LogP contribution is 2.28. The second-order valence-corrected chi connectivity index (χ2v) is 5.52. The van der Waals surface area contributed by atoms with Crippen molar-refractivity contribution in [2.45, 2.75) is 58.0 Å². The number of hydrogen-bond donors (Lipinski definition) is 2. The zero-order valence-electron chi connectivity index (χ0n) is 11.3. The maximum absolute atomic E-state index is 12.3. The summed E-state index contributed by atoms with van der Waals surface area (Å²) in [6.45, 7) is 4.92. The van der Waals surface area contributed by atoms with E-state index in [1.165, 1.54) is 19.3 Å². The summed E-state index contributed by atoms with van der Waals surface area (Å²) in [5.41, 5.74) is 7.03. The number of carbonyl (C=O) groups excluding carboxylic acids is 1. The average Bonchev–Trinajstić information content (AvgIpc) is 2.71. The van der Waals surface area contributed by atoms with Crippen LogP contribution in [0.25, 0.3) is 0 Å². The third-order valence-electron chi connectivity index (χ3n) is 3.86. The molecule has 1 heterocycles. The molecule has 18 heavy (non-hydrogen) atoms. The van der Waals surface area contributed by atoms with Crippen molar-refractivity contribution in [2.75, 3.05) is 5.73 Å². The Labute approximate surface area is 109 Å². The molecule has 0 unspecified atom stereocenters. The number of carbonyl (C=O) groups is 1. The molecule has 1 fully saturated rings. The smallest absolute Gasteiger partial charge is 0.268 e. The van der Waals surface area contributed by atoms with Crippen molar-refractivity contribution in [3.05, 3.63) is 18.0 Å². The number of aromatic nitrogens is 1. The van der Waals surface area contributed by atoms with Gasteiger partial charge in [-0.2, -0.15) is 0 Å². The third-order valence-corrected chi connectivity index (χ3v) is 3.86. The van der Waals surface area contributed by atoms with Gasteiger partial charge in [-0.1, -0.05) is 19.3 Å². The van der Waals surface area contributed by atoms with Gasteiger partial charge < -0.3 is 15.6 Å². The Hall–Kier alpha value is -1.45. The van der Waals surface area contributed by atoms with E-state index in [4.69, 9.17) is 5.73 Å². The molecule has 1 aromatic heterocycles. The second kappa shape index (κ2) is 5.04. The predicted molar refractivity (Wildman–Crippen MR) is 73.5 cm³/mol. The number of rotatable bonds is 3. The lowest BCUT2D eigenvalue weighted by atomic mass is 9.83. The number of nitrogen functional groups attached to an aromatic ring is 1. The molecule has 1 aliphatic rings. The highest BCUT2D eigenvalue weighted by molar-refractivity contribution is 5.94. The van der Waals surface area contributed by atoms with Gasteiger partial charge in [0.15, 0.2) is 0 Å². The minimum atomic E-state index is -0.0487. The van der Waals surface area contributed by atoms with Crippen LogP contribution < -0.4 is 11.1 Å². The zero-order chi connectivity index (χ0) is 13.2. The molecule has 0 radical (unpaired) electrons. The van der Waals surface area contributed by atoms with Crippen LogP contribution in [0.3, 0.4) is 0 Å². The molecular weight excluding hydrogens is 226 g/mol. The second-order valence-electron chi connectivity index (χ2n) is 5.52. The molecule has 0 aromatic carbocycles. The lowest BCUT2D eigenvalue weighted by Gasteiger charge is -2.34. The Morgan fingerprint density at radius 2 is 2.11 bits per heavy atom. The van der Waals surface area contributed by atoms with Gasteiger partial charge in [-0.15, -0.1) is 0 Å². The van der Waals surface area contributed by atoms with Gasteiger partial charge in [0.05, 0.1) is 5.69 Å². The summed E-state index contributed by atoms with van der Waals surface area (Å²) < 4.78 is 1.90. The molecule has 0 bridgehead atoms. The number of hydrogen-bond acceptors (Lipinski definition) is 2. The fraction of sp³-hybridized carbons (Fsp3) is 0.643. The summed E-state index contributed by atoms with van der Waals surface area (Å²) in [5, 5.41) is 3.18. The first-order valence-corrected chi connectivity index (χ1v) is 6.82. The van der Waals surface area contributed by atoms with Crippen LogP contribution in [0.5, 0.6) is 0 Å². The number of aryl methyl sites for hydroxylation is 1. The van der Waals surface area contributed by atoms with E-state index in [2.05, 4.69) is 12.2 Å². The predicted octanol–water partition coefficient (Wildman–Crippen LogP) is 2.54. The zero-order valence-corrected chi connectivity index (χ0v) is 11.3. The molecule has 3 N–H and O–H groups in total. The lowest BCUT2D eigenvalue weighted by molar-refractivity contribution is 0.0873. The molecule has 1 saturated carbocycles. The molecule has 1 amide bonds. The number of nitrogens with one attached hydrogen (secondary N) is 1. The van der Waals surface area contributed by atoms with Gasteiger partial charge in [-0.05, 0) is 32.8 Å². The monoisotopic (exact) mass is 249 g/mol. The molecule has 0 saturated heterocycles. The Balaban J connectivity index is 2.11. The largest absolute Gasteiger partial charge is 0.397 e. The van der Waals surface area contributed by atoms with Crippen LogP contribution in [0.1, 0.15) is 56.4 Å². The van der Waals surface area contributed by atoms with Crippen LogP contribution in [0.4, 0.5) is 5.69 Å². The van der Waals surface area contributed by atoms with Gasteiger partial charge in [0.1, 0.15) is 5.69 Å². The van der Waals surface area contributed by atoms with Gasteiger partial charge in [-0.3, -0.25) is 4.79 Å². The highest BCUT2D eigenvalue weighted by Gasteiger charge is 2.29. The number of nitrogens with zero attached hydrogens (tertiary/aromatic N) is 1. The molecule has 1 aromatic rings. The van der Waals surface area contributed by atoms with E-state index in [-0.39, 0.29) is 11.4 Å². The van der Waals surface area contributed by atoms with Crippen LogP contribution in [0, 0.1) is 0 Å². The van der Waals surface area contributed by atoms with Gasteiger partial charge in [-0.25, -0.2) is 0 Å². The molecular formula is C14H23N3O. The first kappa shape index (κ1) is 13.0. The highest BCUT2D eigenvalue weighted by atomic mass is 16.2. The Bertz CT molecular complexity index is 430. The molecule has 0 atom stereocenters. The topological polar surface area (TPSA) is 60.0 Å². The number of amides is 1. The van der Waals surface area contributed by atoms with E-state index in [1.54, 1.807) is 6.07 Å². The van der Waals surface area contributed by atoms with E-state index in [0.717, 1.165) is 19.4 Å². The van der Waals surface area contributed by atoms with E-state index in [1.807, 2.05) is 17.7 Å². The van der Waals surface area contributed by atoms with Crippen LogP contribution in [-0.2, 0) is 6.54 Å². The van der Waals surface area contributed by atoms with Gasteiger partial charge in [0, 0.05) is 18.3 Å². The van der Waals surface area contributed by atoms with Crippen molar-refractivity contribution < 1.29 is 4.79 Å². The third kappa shape index (κ3) is 2.68. The lowest BCUT2D eigenvalue weighted by Crippen LogP contribution is -2.47. The standard InChI is InChI=1S/C14H23N3O/c1-3-17-10-11(15)9-12(17)13(18)16-14(2)7-5-4-6-8-14/h9-10H,3-8,15H2,1-2H3,(H,16,18). The molecule has 0 spiro atoms. The van der Waals surface area contributed by atoms with Crippen LogP contribution >= 0.6 is 0 Å². The molecule has 2 rings (SSSR count). The average molecular weight is 249 g/mol. The fourth-order valence-corrected chi connectivity index (χ4v) is 2.78. The fourth-order valence-electron chi connectivity index (χ4n) is 2.78. The Morgan fingerprint density at radius 1 is 1.44 bits per heavy atom. The molecule has 4 heteroatoms. The van der Waals surface area contributed by atoms with E-state index < -0.39 is 0 Å². The SMILES string of the molecule is CCn1cc(N)cc1C(=O)NC1(C)CCCCC1. The van der Waals surface area contributed by atoms with Crippen LogP contribution in [0.15, 0.2) is 12.3 Å². The number of anilines is 1. The molecule has 0 aliphatic heterocycles.